The van der Waals surface area contributed by atoms with Crippen LogP contribution in [-0.4, -0.2) is 59.7 Å². The Morgan fingerprint density at radius 2 is 1.68 bits per heavy atom. The molecule has 0 bridgehead atoms. The topological polar surface area (TPSA) is 151 Å². The van der Waals surface area contributed by atoms with Crippen LogP contribution in [0.3, 0.4) is 0 Å². The molecule has 0 aromatic carbocycles. The molecule has 0 heterocycles. The van der Waals surface area contributed by atoms with Gasteiger partial charge in [0.1, 0.15) is 12.6 Å². The van der Waals surface area contributed by atoms with E-state index in [-0.39, 0.29) is 11.7 Å². The maximum absolute atomic E-state index is 11.8. The smallest absolute Gasteiger partial charge is 0.322 e. The third-order valence-corrected chi connectivity index (χ3v) is 3.06. The van der Waals surface area contributed by atoms with Crippen molar-refractivity contribution in [3.63, 3.8) is 0 Å². The Morgan fingerprint density at radius 3 is 2.14 bits per heavy atom. The van der Waals surface area contributed by atoms with Gasteiger partial charge in [-0.1, -0.05) is 13.8 Å². The molecule has 0 aromatic heterocycles. The van der Waals surface area contributed by atoms with E-state index in [1.165, 1.54) is 0 Å². The molecule has 126 valence electrons. The standard InChI is InChI=1S/C12H22N4O5S/c1-6(2)10(13)12(21)16-7(5-22)11(20)15-3-8(17)14-4-9(18)19/h6-7,10,22H,3-5,13H2,1-2H3,(H,14,17)(H,15,20)(H,16,21)(H,18,19). The summed E-state index contributed by atoms with van der Waals surface area (Å²) in [4.78, 5) is 45.1. The highest BCUT2D eigenvalue weighted by molar-refractivity contribution is 7.80. The van der Waals surface area contributed by atoms with Crippen molar-refractivity contribution >= 4 is 36.3 Å². The molecule has 10 heteroatoms. The summed E-state index contributed by atoms with van der Waals surface area (Å²) in [5.74, 6) is -3.00. The van der Waals surface area contributed by atoms with Crippen molar-refractivity contribution < 1.29 is 24.3 Å². The molecule has 0 aromatic rings. The molecular formula is C12H22N4O5S. The zero-order valence-electron chi connectivity index (χ0n) is 12.5. The molecule has 3 amide bonds. The molecule has 0 aliphatic carbocycles. The van der Waals surface area contributed by atoms with Crippen molar-refractivity contribution in [1.29, 1.82) is 0 Å². The number of nitrogens with one attached hydrogen (secondary N) is 3. The van der Waals surface area contributed by atoms with Crippen LogP contribution in [0, 0.1) is 5.92 Å². The Labute approximate surface area is 133 Å². The van der Waals surface area contributed by atoms with Gasteiger partial charge in [-0.15, -0.1) is 0 Å². The Hall–Kier alpha value is -1.81. The number of hydrogen-bond donors (Lipinski definition) is 6. The maximum Gasteiger partial charge on any atom is 0.322 e. The van der Waals surface area contributed by atoms with Gasteiger partial charge in [-0.3, -0.25) is 19.2 Å². The second-order valence-corrected chi connectivity index (χ2v) is 5.27. The highest BCUT2D eigenvalue weighted by atomic mass is 32.1. The summed E-state index contributed by atoms with van der Waals surface area (Å²) in [6.07, 6.45) is 0. The third kappa shape index (κ3) is 7.84. The summed E-state index contributed by atoms with van der Waals surface area (Å²) < 4.78 is 0. The number of hydrogen-bond acceptors (Lipinski definition) is 6. The number of aliphatic carboxylic acids is 1. The molecule has 0 spiro atoms. The Morgan fingerprint density at radius 1 is 1.09 bits per heavy atom. The van der Waals surface area contributed by atoms with Gasteiger partial charge in [-0.2, -0.15) is 12.6 Å². The molecule has 0 radical (unpaired) electrons. The molecule has 22 heavy (non-hydrogen) atoms. The zero-order valence-corrected chi connectivity index (χ0v) is 13.4. The molecule has 2 atom stereocenters. The number of thiol groups is 1. The fourth-order valence-corrected chi connectivity index (χ4v) is 1.55. The Kier molecular flexibility index (Phi) is 9.18. The number of carboxylic acid groups (broad SMARTS) is 1. The van der Waals surface area contributed by atoms with Crippen LogP contribution >= 0.6 is 12.6 Å². The third-order valence-electron chi connectivity index (χ3n) is 2.70. The molecule has 0 fully saturated rings. The summed E-state index contributed by atoms with van der Waals surface area (Å²) in [6.45, 7) is 2.60. The van der Waals surface area contributed by atoms with E-state index in [9.17, 15) is 19.2 Å². The minimum atomic E-state index is -1.19. The number of carboxylic acids is 1. The van der Waals surface area contributed by atoms with Gasteiger partial charge in [0.15, 0.2) is 0 Å². The Bertz CT molecular complexity index is 430. The number of carbonyl (C=O) groups is 4. The van der Waals surface area contributed by atoms with Crippen LogP contribution < -0.4 is 21.7 Å². The predicted octanol–water partition coefficient (Wildman–Crippen LogP) is -2.30. The SMILES string of the molecule is CC(C)C(N)C(=O)NC(CS)C(=O)NCC(=O)NCC(=O)O. The molecule has 9 nitrogen and oxygen atoms in total. The van der Waals surface area contributed by atoms with Crippen molar-refractivity contribution in [3.05, 3.63) is 0 Å². The van der Waals surface area contributed by atoms with Gasteiger partial charge in [0.25, 0.3) is 0 Å². The fourth-order valence-electron chi connectivity index (χ4n) is 1.29. The van der Waals surface area contributed by atoms with E-state index < -0.39 is 48.9 Å². The van der Waals surface area contributed by atoms with E-state index in [0.29, 0.717) is 0 Å². The van der Waals surface area contributed by atoms with E-state index in [0.717, 1.165) is 0 Å². The number of nitrogens with two attached hydrogens (primary N) is 1. The average Bonchev–Trinajstić information content (AvgIpc) is 2.46. The van der Waals surface area contributed by atoms with Crippen LogP contribution in [0.5, 0.6) is 0 Å². The van der Waals surface area contributed by atoms with Crippen molar-refractivity contribution in [2.45, 2.75) is 25.9 Å². The van der Waals surface area contributed by atoms with E-state index in [4.69, 9.17) is 10.8 Å². The second kappa shape index (κ2) is 10.0. The Balaban J connectivity index is 4.33. The van der Waals surface area contributed by atoms with Gasteiger partial charge in [0.05, 0.1) is 12.6 Å². The normalized spacial score (nSPS) is 13.1. The lowest BCUT2D eigenvalue weighted by atomic mass is 10.0. The highest BCUT2D eigenvalue weighted by Crippen LogP contribution is 1.99. The van der Waals surface area contributed by atoms with E-state index in [2.05, 4.69) is 28.6 Å². The minimum Gasteiger partial charge on any atom is -0.480 e. The van der Waals surface area contributed by atoms with Gasteiger partial charge in [0.2, 0.25) is 17.7 Å². The predicted molar refractivity (Wildman–Crippen MR) is 82.3 cm³/mol. The van der Waals surface area contributed by atoms with Crippen LogP contribution in [0.15, 0.2) is 0 Å². The first-order valence-corrected chi connectivity index (χ1v) is 7.25. The average molecular weight is 334 g/mol. The molecule has 0 aliphatic rings. The lowest BCUT2D eigenvalue weighted by Crippen LogP contribution is -2.54. The molecule has 2 unspecified atom stereocenters. The van der Waals surface area contributed by atoms with Crippen LogP contribution in [0.25, 0.3) is 0 Å². The monoisotopic (exact) mass is 334 g/mol. The zero-order chi connectivity index (χ0) is 17.3. The molecule has 0 saturated heterocycles. The maximum atomic E-state index is 11.8. The summed E-state index contributed by atoms with van der Waals surface area (Å²) >= 11 is 3.97. The fraction of sp³-hybridized carbons (Fsp3) is 0.667. The van der Waals surface area contributed by atoms with Crippen LogP contribution in [-0.2, 0) is 19.2 Å². The summed E-state index contributed by atoms with van der Waals surface area (Å²) in [6, 6.07) is -1.69. The first kappa shape index (κ1) is 20.2. The van der Waals surface area contributed by atoms with Gasteiger partial charge >= 0.3 is 5.97 Å². The van der Waals surface area contributed by atoms with Crippen molar-refractivity contribution in [3.8, 4) is 0 Å². The van der Waals surface area contributed by atoms with Crippen molar-refractivity contribution in [2.24, 2.45) is 11.7 Å². The van der Waals surface area contributed by atoms with Crippen LogP contribution in [0.2, 0.25) is 0 Å². The summed E-state index contributed by atoms with van der Waals surface area (Å²) in [5, 5.41) is 15.2. The molecule has 6 N–H and O–H groups in total. The van der Waals surface area contributed by atoms with Gasteiger partial charge in [-0.25, -0.2) is 0 Å². The summed E-state index contributed by atoms with van der Waals surface area (Å²) in [7, 11) is 0. The quantitative estimate of drug-likeness (QED) is 0.261. The molecule has 0 rings (SSSR count). The van der Waals surface area contributed by atoms with Gasteiger partial charge in [-0.05, 0) is 5.92 Å². The molecule has 0 saturated carbocycles. The highest BCUT2D eigenvalue weighted by Gasteiger charge is 2.24. The number of carbonyl (C=O) groups excluding carboxylic acids is 3. The van der Waals surface area contributed by atoms with E-state index >= 15 is 0 Å². The van der Waals surface area contributed by atoms with Gasteiger partial charge < -0.3 is 26.8 Å². The van der Waals surface area contributed by atoms with Crippen molar-refractivity contribution in [1.82, 2.24) is 16.0 Å². The molecular weight excluding hydrogens is 312 g/mol. The summed E-state index contributed by atoms with van der Waals surface area (Å²) in [5.41, 5.74) is 5.66. The lowest BCUT2D eigenvalue weighted by Gasteiger charge is -2.20. The van der Waals surface area contributed by atoms with Crippen LogP contribution in [0.1, 0.15) is 13.8 Å². The minimum absolute atomic E-state index is 0.0269. The lowest BCUT2D eigenvalue weighted by molar-refractivity contribution is -0.138. The first-order chi connectivity index (χ1) is 10.2. The van der Waals surface area contributed by atoms with E-state index in [1.54, 1.807) is 13.8 Å². The number of amides is 3. The molecule has 0 aliphatic heterocycles. The second-order valence-electron chi connectivity index (χ2n) is 4.90. The van der Waals surface area contributed by atoms with Gasteiger partial charge in [0, 0.05) is 5.75 Å². The largest absolute Gasteiger partial charge is 0.480 e. The van der Waals surface area contributed by atoms with E-state index in [1.807, 2.05) is 0 Å². The van der Waals surface area contributed by atoms with Crippen molar-refractivity contribution in [2.75, 3.05) is 18.8 Å². The number of rotatable bonds is 9. The first-order valence-electron chi connectivity index (χ1n) is 6.62. The van der Waals surface area contributed by atoms with Crippen LogP contribution in [0.4, 0.5) is 0 Å².